The molecule has 0 spiro atoms. The lowest BCUT2D eigenvalue weighted by molar-refractivity contribution is -0.385. The van der Waals surface area contributed by atoms with Crippen molar-refractivity contribution in [3.05, 3.63) is 39.9 Å². The minimum absolute atomic E-state index is 0.0364. The highest BCUT2D eigenvalue weighted by Gasteiger charge is 2.36. The summed E-state index contributed by atoms with van der Waals surface area (Å²) in [4.78, 5) is 36.6. The van der Waals surface area contributed by atoms with Crippen LogP contribution >= 0.6 is 0 Å². The van der Waals surface area contributed by atoms with Crippen LogP contribution in [-0.2, 0) is 16.1 Å². The molecule has 1 saturated heterocycles. The van der Waals surface area contributed by atoms with Gasteiger partial charge in [0.15, 0.2) is 0 Å². The fourth-order valence-electron chi connectivity index (χ4n) is 2.72. The summed E-state index contributed by atoms with van der Waals surface area (Å²) in [5, 5.41) is 13.7. The molecular weight excluding hydrogens is 326 g/mol. The van der Waals surface area contributed by atoms with Gasteiger partial charge in [0.25, 0.3) is 5.69 Å². The fourth-order valence-corrected chi connectivity index (χ4v) is 2.72. The van der Waals surface area contributed by atoms with Crippen molar-refractivity contribution in [1.29, 1.82) is 0 Å². The summed E-state index contributed by atoms with van der Waals surface area (Å²) < 4.78 is 5.33. The van der Waals surface area contributed by atoms with Crippen LogP contribution in [0.1, 0.15) is 39.2 Å². The van der Waals surface area contributed by atoms with Gasteiger partial charge in [0, 0.05) is 24.7 Å². The Hall–Kier alpha value is -2.64. The fraction of sp³-hybridized carbons (Fsp3) is 0.529. The second-order valence-corrected chi connectivity index (χ2v) is 6.94. The van der Waals surface area contributed by atoms with Crippen LogP contribution in [-0.4, -0.2) is 40.0 Å². The number of carbonyl (C=O) groups excluding carboxylic acids is 2. The third-order valence-corrected chi connectivity index (χ3v) is 3.82. The normalized spacial score (nSPS) is 17.2. The number of nitro groups is 1. The number of hydrogen-bond acceptors (Lipinski definition) is 5. The first kappa shape index (κ1) is 18.7. The molecule has 0 aliphatic carbocycles. The summed E-state index contributed by atoms with van der Waals surface area (Å²) in [7, 11) is 0. The molecule has 136 valence electrons. The zero-order chi connectivity index (χ0) is 18.6. The van der Waals surface area contributed by atoms with E-state index in [0.29, 0.717) is 24.9 Å². The molecule has 0 radical (unpaired) electrons. The first-order valence-corrected chi connectivity index (χ1v) is 8.18. The molecule has 1 N–H and O–H groups in total. The quantitative estimate of drug-likeness (QED) is 0.665. The van der Waals surface area contributed by atoms with E-state index in [-0.39, 0.29) is 18.1 Å². The van der Waals surface area contributed by atoms with Gasteiger partial charge < -0.3 is 10.1 Å². The zero-order valence-corrected chi connectivity index (χ0v) is 14.7. The molecule has 1 unspecified atom stereocenters. The Morgan fingerprint density at radius 3 is 2.68 bits per heavy atom. The molecule has 1 aliphatic rings. The topological polar surface area (TPSA) is 102 Å². The van der Waals surface area contributed by atoms with Crippen LogP contribution in [0, 0.1) is 10.1 Å². The number of nitrogens with one attached hydrogen (secondary N) is 1. The second kappa shape index (κ2) is 7.50. The van der Waals surface area contributed by atoms with Gasteiger partial charge in [0.2, 0.25) is 5.91 Å². The van der Waals surface area contributed by atoms with E-state index in [1.54, 1.807) is 39.0 Å². The summed E-state index contributed by atoms with van der Waals surface area (Å²) in [6, 6.07) is 5.63. The van der Waals surface area contributed by atoms with Crippen LogP contribution in [0.4, 0.5) is 10.5 Å². The maximum atomic E-state index is 12.4. The van der Waals surface area contributed by atoms with E-state index in [9.17, 15) is 19.7 Å². The molecule has 1 aromatic carbocycles. The second-order valence-electron chi connectivity index (χ2n) is 6.94. The van der Waals surface area contributed by atoms with Crippen LogP contribution in [0.3, 0.4) is 0 Å². The molecule has 1 aliphatic heterocycles. The number of nitro benzene ring substituents is 1. The molecule has 1 fully saturated rings. The number of benzene rings is 1. The van der Waals surface area contributed by atoms with E-state index in [0.717, 1.165) is 0 Å². The summed E-state index contributed by atoms with van der Waals surface area (Å²) >= 11 is 0. The Kier molecular flexibility index (Phi) is 5.61. The zero-order valence-electron chi connectivity index (χ0n) is 14.7. The minimum Gasteiger partial charge on any atom is -0.444 e. The number of likely N-dealkylation sites (tertiary alicyclic amines) is 1. The molecule has 1 atom stereocenters. The number of rotatable bonds is 4. The lowest BCUT2D eigenvalue weighted by atomic mass is 10.1. The number of hydrogen-bond donors (Lipinski definition) is 1. The molecule has 0 saturated carbocycles. The molecule has 0 aromatic heterocycles. The van der Waals surface area contributed by atoms with Gasteiger partial charge >= 0.3 is 6.09 Å². The highest BCUT2D eigenvalue weighted by Crippen LogP contribution is 2.22. The Morgan fingerprint density at radius 1 is 1.36 bits per heavy atom. The monoisotopic (exact) mass is 349 g/mol. The molecule has 8 nitrogen and oxygen atoms in total. The van der Waals surface area contributed by atoms with Gasteiger partial charge in [-0.1, -0.05) is 18.2 Å². The molecular formula is C17H23N3O5. The van der Waals surface area contributed by atoms with Crippen molar-refractivity contribution in [3.63, 3.8) is 0 Å². The minimum atomic E-state index is -0.634. The summed E-state index contributed by atoms with van der Waals surface area (Å²) in [5.74, 6) is -0.332. The van der Waals surface area contributed by atoms with Gasteiger partial charge in [-0.05, 0) is 33.6 Å². The Balaban J connectivity index is 2.01. The van der Waals surface area contributed by atoms with Crippen molar-refractivity contribution in [2.45, 2.75) is 51.8 Å². The van der Waals surface area contributed by atoms with E-state index in [1.165, 1.54) is 11.0 Å². The lowest BCUT2D eigenvalue weighted by Crippen LogP contribution is -2.47. The third-order valence-electron chi connectivity index (χ3n) is 3.82. The summed E-state index contributed by atoms with van der Waals surface area (Å²) in [5.41, 5.74) is -0.258. The predicted molar refractivity (Wildman–Crippen MR) is 90.9 cm³/mol. The molecule has 8 heteroatoms. The molecule has 0 bridgehead atoms. The SMILES string of the molecule is CC(C)(C)OC(=O)N1CCCC1C(=O)NCc1ccccc1[N+](=O)[O-]. The number of nitrogens with zero attached hydrogens (tertiary/aromatic N) is 2. The van der Waals surface area contributed by atoms with E-state index in [4.69, 9.17) is 4.74 Å². The van der Waals surface area contributed by atoms with Gasteiger partial charge in [-0.3, -0.25) is 19.8 Å². The molecule has 25 heavy (non-hydrogen) atoms. The number of carbonyl (C=O) groups is 2. The maximum Gasteiger partial charge on any atom is 0.410 e. The smallest absolute Gasteiger partial charge is 0.410 e. The van der Waals surface area contributed by atoms with Gasteiger partial charge in [-0.25, -0.2) is 4.79 Å². The van der Waals surface area contributed by atoms with E-state index in [1.807, 2.05) is 0 Å². The van der Waals surface area contributed by atoms with Crippen LogP contribution in [0.25, 0.3) is 0 Å². The average Bonchev–Trinajstić information content (AvgIpc) is 3.01. The van der Waals surface area contributed by atoms with Crippen molar-refractivity contribution in [2.24, 2.45) is 0 Å². The predicted octanol–water partition coefficient (Wildman–Crippen LogP) is 2.61. The molecule has 2 rings (SSSR count). The summed E-state index contributed by atoms with van der Waals surface area (Å²) in [6.45, 7) is 5.80. The first-order chi connectivity index (χ1) is 11.7. The Labute approximate surface area is 146 Å². The van der Waals surface area contributed by atoms with Crippen molar-refractivity contribution < 1.29 is 19.2 Å². The van der Waals surface area contributed by atoms with Gasteiger partial charge in [-0.15, -0.1) is 0 Å². The van der Waals surface area contributed by atoms with E-state index >= 15 is 0 Å². The lowest BCUT2D eigenvalue weighted by Gasteiger charge is -2.28. The first-order valence-electron chi connectivity index (χ1n) is 8.18. The van der Waals surface area contributed by atoms with Crippen LogP contribution in [0.5, 0.6) is 0 Å². The Morgan fingerprint density at radius 2 is 2.04 bits per heavy atom. The van der Waals surface area contributed by atoms with Crippen molar-refractivity contribution in [1.82, 2.24) is 10.2 Å². The van der Waals surface area contributed by atoms with Crippen molar-refractivity contribution >= 4 is 17.7 Å². The number of ether oxygens (including phenoxy) is 1. The van der Waals surface area contributed by atoms with Gasteiger partial charge in [0.1, 0.15) is 11.6 Å². The van der Waals surface area contributed by atoms with Gasteiger partial charge in [-0.2, -0.15) is 0 Å². The summed E-state index contributed by atoms with van der Waals surface area (Å²) in [6.07, 6.45) is 0.737. The van der Waals surface area contributed by atoms with E-state index in [2.05, 4.69) is 5.32 Å². The van der Waals surface area contributed by atoms with Crippen molar-refractivity contribution in [2.75, 3.05) is 6.54 Å². The molecule has 2 amide bonds. The third kappa shape index (κ3) is 4.91. The highest BCUT2D eigenvalue weighted by molar-refractivity contribution is 5.86. The van der Waals surface area contributed by atoms with Gasteiger partial charge in [0.05, 0.1) is 4.92 Å². The maximum absolute atomic E-state index is 12.4. The van der Waals surface area contributed by atoms with Crippen LogP contribution in [0.15, 0.2) is 24.3 Å². The largest absolute Gasteiger partial charge is 0.444 e. The Bertz CT molecular complexity index is 668. The van der Waals surface area contributed by atoms with Crippen LogP contribution in [0.2, 0.25) is 0 Å². The average molecular weight is 349 g/mol. The van der Waals surface area contributed by atoms with Crippen LogP contribution < -0.4 is 5.32 Å². The number of amides is 2. The standard InChI is InChI=1S/C17H23N3O5/c1-17(2,3)25-16(22)19-10-6-9-14(19)15(21)18-11-12-7-4-5-8-13(12)20(23)24/h4-5,7-8,14H,6,9-11H2,1-3H3,(H,18,21). The highest BCUT2D eigenvalue weighted by atomic mass is 16.6. The number of para-hydroxylation sites is 1. The van der Waals surface area contributed by atoms with E-state index < -0.39 is 22.7 Å². The van der Waals surface area contributed by atoms with Crippen molar-refractivity contribution in [3.8, 4) is 0 Å². The molecule has 1 aromatic rings. The molecule has 1 heterocycles.